The molecular weight excluding hydrogens is 224 g/mol. The Hall–Kier alpha value is -1.35. The predicted molar refractivity (Wildman–Crippen MR) is 70.7 cm³/mol. The fraction of sp³-hybridized carbons (Fsp3) is 0.533. The number of benzene rings is 1. The van der Waals surface area contributed by atoms with Crippen LogP contribution in [0.3, 0.4) is 0 Å². The molecule has 18 heavy (non-hydrogen) atoms. The molecule has 0 aromatic heterocycles. The maximum Gasteiger partial charge on any atom is 0.223 e. The second kappa shape index (κ2) is 4.73. The SMILES string of the molecule is NC1CCC(=O)N(Cc2ccccc2)C1C1CC1. The Morgan fingerprint density at radius 2 is 1.89 bits per heavy atom. The number of amides is 1. The van der Waals surface area contributed by atoms with Crippen molar-refractivity contribution in [2.75, 3.05) is 0 Å². The molecule has 2 N–H and O–H groups in total. The average molecular weight is 244 g/mol. The first-order valence-corrected chi connectivity index (χ1v) is 6.84. The highest BCUT2D eigenvalue weighted by molar-refractivity contribution is 5.77. The van der Waals surface area contributed by atoms with Crippen LogP contribution in [0, 0.1) is 5.92 Å². The van der Waals surface area contributed by atoms with Crippen molar-refractivity contribution >= 4 is 5.91 Å². The largest absolute Gasteiger partial charge is 0.334 e. The monoisotopic (exact) mass is 244 g/mol. The molecular formula is C15H20N2O. The highest BCUT2D eigenvalue weighted by atomic mass is 16.2. The maximum absolute atomic E-state index is 12.2. The quantitative estimate of drug-likeness (QED) is 0.883. The van der Waals surface area contributed by atoms with Crippen LogP contribution in [0.15, 0.2) is 30.3 Å². The van der Waals surface area contributed by atoms with Gasteiger partial charge in [0, 0.05) is 25.0 Å². The lowest BCUT2D eigenvalue weighted by Crippen LogP contribution is -2.55. The molecule has 2 aliphatic rings. The molecule has 1 aromatic carbocycles. The molecule has 0 radical (unpaired) electrons. The topological polar surface area (TPSA) is 46.3 Å². The summed E-state index contributed by atoms with van der Waals surface area (Å²) in [6, 6.07) is 10.6. The van der Waals surface area contributed by atoms with Crippen LogP contribution >= 0.6 is 0 Å². The molecule has 1 aliphatic carbocycles. The number of hydrogen-bond donors (Lipinski definition) is 1. The van der Waals surface area contributed by atoms with Crippen LogP contribution in [-0.2, 0) is 11.3 Å². The van der Waals surface area contributed by atoms with Crippen LogP contribution in [-0.4, -0.2) is 22.9 Å². The van der Waals surface area contributed by atoms with Crippen molar-refractivity contribution < 1.29 is 4.79 Å². The van der Waals surface area contributed by atoms with Gasteiger partial charge in [0.15, 0.2) is 0 Å². The number of rotatable bonds is 3. The van der Waals surface area contributed by atoms with Crippen molar-refractivity contribution in [2.24, 2.45) is 11.7 Å². The van der Waals surface area contributed by atoms with Crippen molar-refractivity contribution in [3.8, 4) is 0 Å². The van der Waals surface area contributed by atoms with Gasteiger partial charge in [0.1, 0.15) is 0 Å². The minimum absolute atomic E-state index is 0.166. The Labute approximate surface area is 108 Å². The van der Waals surface area contributed by atoms with Crippen LogP contribution in [0.4, 0.5) is 0 Å². The fourth-order valence-electron chi connectivity index (χ4n) is 3.02. The van der Waals surface area contributed by atoms with E-state index in [1.165, 1.54) is 18.4 Å². The molecule has 0 spiro atoms. The zero-order valence-corrected chi connectivity index (χ0v) is 10.6. The summed E-state index contributed by atoms with van der Waals surface area (Å²) >= 11 is 0. The minimum Gasteiger partial charge on any atom is -0.334 e. The lowest BCUT2D eigenvalue weighted by atomic mass is 9.92. The number of carbonyl (C=O) groups is 1. The van der Waals surface area contributed by atoms with Crippen molar-refractivity contribution in [3.05, 3.63) is 35.9 Å². The van der Waals surface area contributed by atoms with Gasteiger partial charge in [0.05, 0.1) is 0 Å². The average Bonchev–Trinajstić information content (AvgIpc) is 3.20. The Morgan fingerprint density at radius 1 is 1.17 bits per heavy atom. The molecule has 3 nitrogen and oxygen atoms in total. The third-order valence-electron chi connectivity index (χ3n) is 4.11. The van der Waals surface area contributed by atoms with Gasteiger partial charge >= 0.3 is 0 Å². The van der Waals surface area contributed by atoms with E-state index < -0.39 is 0 Å². The van der Waals surface area contributed by atoms with Gasteiger partial charge in [-0.2, -0.15) is 0 Å². The lowest BCUT2D eigenvalue weighted by molar-refractivity contribution is -0.138. The van der Waals surface area contributed by atoms with E-state index >= 15 is 0 Å². The minimum atomic E-state index is 0.166. The Kier molecular flexibility index (Phi) is 3.08. The number of nitrogens with two attached hydrogens (primary N) is 1. The third kappa shape index (κ3) is 2.27. The van der Waals surface area contributed by atoms with Crippen molar-refractivity contribution in [2.45, 2.75) is 44.3 Å². The van der Waals surface area contributed by atoms with Crippen LogP contribution in [0.25, 0.3) is 0 Å². The molecule has 2 unspecified atom stereocenters. The lowest BCUT2D eigenvalue weighted by Gasteiger charge is -2.40. The normalized spacial score (nSPS) is 28.5. The molecule has 3 heteroatoms. The molecule has 1 saturated carbocycles. The van der Waals surface area contributed by atoms with Gasteiger partial charge in [-0.05, 0) is 30.7 Å². The van der Waals surface area contributed by atoms with E-state index in [-0.39, 0.29) is 18.0 Å². The van der Waals surface area contributed by atoms with Crippen LogP contribution in [0.1, 0.15) is 31.2 Å². The molecule has 0 bridgehead atoms. The molecule has 1 aromatic rings. The maximum atomic E-state index is 12.2. The van der Waals surface area contributed by atoms with Crippen molar-refractivity contribution in [1.29, 1.82) is 0 Å². The summed E-state index contributed by atoms with van der Waals surface area (Å²) in [5.41, 5.74) is 7.43. The molecule has 2 fully saturated rings. The zero-order chi connectivity index (χ0) is 12.5. The Balaban J connectivity index is 1.79. The first-order chi connectivity index (χ1) is 8.75. The first kappa shape index (κ1) is 11.7. The fourth-order valence-corrected chi connectivity index (χ4v) is 3.02. The molecule has 3 rings (SSSR count). The van der Waals surface area contributed by atoms with E-state index in [1.807, 2.05) is 23.1 Å². The summed E-state index contributed by atoms with van der Waals surface area (Å²) in [5.74, 6) is 0.922. The van der Waals surface area contributed by atoms with E-state index in [4.69, 9.17) is 5.73 Å². The summed E-state index contributed by atoms with van der Waals surface area (Å²) in [6.45, 7) is 0.717. The molecule has 1 aliphatic heterocycles. The van der Waals surface area contributed by atoms with Gasteiger partial charge in [-0.25, -0.2) is 0 Å². The van der Waals surface area contributed by atoms with Gasteiger partial charge in [-0.15, -0.1) is 0 Å². The van der Waals surface area contributed by atoms with Crippen molar-refractivity contribution in [1.82, 2.24) is 4.90 Å². The van der Waals surface area contributed by atoms with Crippen LogP contribution in [0.5, 0.6) is 0 Å². The van der Waals surface area contributed by atoms with Gasteiger partial charge in [0.25, 0.3) is 0 Å². The van der Waals surface area contributed by atoms with Gasteiger partial charge in [0.2, 0.25) is 5.91 Å². The summed E-state index contributed by atoms with van der Waals surface area (Å²) in [5, 5.41) is 0. The predicted octanol–water partition coefficient (Wildman–Crippen LogP) is 1.91. The van der Waals surface area contributed by atoms with Crippen LogP contribution < -0.4 is 5.73 Å². The van der Waals surface area contributed by atoms with Crippen molar-refractivity contribution in [3.63, 3.8) is 0 Å². The summed E-state index contributed by atoms with van der Waals surface area (Å²) < 4.78 is 0. The zero-order valence-electron chi connectivity index (χ0n) is 10.6. The molecule has 1 heterocycles. The van der Waals surface area contributed by atoms with E-state index in [1.54, 1.807) is 0 Å². The summed E-state index contributed by atoms with van der Waals surface area (Å²) in [6.07, 6.45) is 3.93. The summed E-state index contributed by atoms with van der Waals surface area (Å²) in [4.78, 5) is 14.2. The van der Waals surface area contributed by atoms with E-state index in [9.17, 15) is 4.79 Å². The van der Waals surface area contributed by atoms with E-state index in [0.29, 0.717) is 18.9 Å². The third-order valence-corrected chi connectivity index (χ3v) is 4.11. The molecule has 96 valence electrons. The van der Waals surface area contributed by atoms with Crippen LogP contribution in [0.2, 0.25) is 0 Å². The van der Waals surface area contributed by atoms with Gasteiger partial charge < -0.3 is 10.6 Å². The molecule has 1 amide bonds. The van der Waals surface area contributed by atoms with E-state index in [0.717, 1.165) is 6.42 Å². The first-order valence-electron chi connectivity index (χ1n) is 6.84. The number of hydrogen-bond acceptors (Lipinski definition) is 2. The summed E-state index contributed by atoms with van der Waals surface area (Å²) in [7, 11) is 0. The smallest absolute Gasteiger partial charge is 0.223 e. The Morgan fingerprint density at radius 3 is 2.56 bits per heavy atom. The Bertz CT molecular complexity index is 427. The number of piperidine rings is 1. The highest BCUT2D eigenvalue weighted by Gasteiger charge is 2.43. The number of carbonyl (C=O) groups excluding carboxylic acids is 1. The van der Waals surface area contributed by atoms with Gasteiger partial charge in [-0.3, -0.25) is 4.79 Å². The van der Waals surface area contributed by atoms with Gasteiger partial charge in [-0.1, -0.05) is 30.3 Å². The van der Waals surface area contributed by atoms with E-state index in [2.05, 4.69) is 12.1 Å². The highest BCUT2D eigenvalue weighted by Crippen LogP contribution is 2.39. The number of nitrogens with zero attached hydrogens (tertiary/aromatic N) is 1. The second-order valence-electron chi connectivity index (χ2n) is 5.54. The molecule has 1 saturated heterocycles. The second-order valence-corrected chi connectivity index (χ2v) is 5.54. The standard InChI is InChI=1S/C15H20N2O/c16-13-8-9-14(18)17(15(13)12-6-7-12)10-11-4-2-1-3-5-11/h1-5,12-13,15H,6-10,16H2. The molecule has 2 atom stereocenters. The number of likely N-dealkylation sites (tertiary alicyclic amines) is 1.